The van der Waals surface area contributed by atoms with E-state index in [9.17, 15) is 34.5 Å². The van der Waals surface area contributed by atoms with Crippen LogP contribution < -0.4 is 0 Å². The van der Waals surface area contributed by atoms with E-state index in [1.54, 1.807) is 71.0 Å². The second kappa shape index (κ2) is 22.7. The number of aldehydes is 1. The molecule has 2 fully saturated rings. The molecule has 0 radical (unpaired) electrons. The number of carbonyl (C=O) groups is 4. The number of esters is 3. The third kappa shape index (κ3) is 14.2. The summed E-state index contributed by atoms with van der Waals surface area (Å²) in [6.07, 6.45) is -4.11. The van der Waals surface area contributed by atoms with Crippen molar-refractivity contribution in [1.29, 1.82) is 0 Å². The average Bonchev–Trinajstić information content (AvgIpc) is 3.09. The predicted octanol–water partition coefficient (Wildman–Crippen LogP) is 3.01. The molecule has 0 amide bonds. The summed E-state index contributed by atoms with van der Waals surface area (Å²) in [6.45, 7) is 13.5. The van der Waals surface area contributed by atoms with Crippen molar-refractivity contribution >= 4 is 24.2 Å². The zero-order chi connectivity index (χ0) is 43.5. The van der Waals surface area contributed by atoms with E-state index < -0.39 is 121 Å². The lowest BCUT2D eigenvalue weighted by Crippen LogP contribution is -2.66. The van der Waals surface area contributed by atoms with Crippen molar-refractivity contribution in [2.24, 2.45) is 17.8 Å². The van der Waals surface area contributed by atoms with Crippen molar-refractivity contribution in [2.45, 2.75) is 179 Å². The van der Waals surface area contributed by atoms with Crippen LogP contribution in [-0.2, 0) is 57.1 Å². The Morgan fingerprint density at radius 1 is 1.02 bits per heavy atom. The molecule has 0 saturated carbocycles. The summed E-state index contributed by atoms with van der Waals surface area (Å²) >= 11 is 0. The van der Waals surface area contributed by atoms with E-state index in [2.05, 4.69) is 0 Å². The van der Waals surface area contributed by atoms with Gasteiger partial charge in [0.05, 0.1) is 36.9 Å². The van der Waals surface area contributed by atoms with Crippen LogP contribution in [0.4, 0.5) is 0 Å². The smallest absolute Gasteiger partial charge is 0.309 e. The summed E-state index contributed by atoms with van der Waals surface area (Å²) in [7, 11) is 4.86. The van der Waals surface area contributed by atoms with Gasteiger partial charge in [0, 0.05) is 39.7 Å². The molecule has 3 aliphatic heterocycles. The minimum absolute atomic E-state index is 0.0460. The number of likely N-dealkylation sites (N-methyl/N-ethyl adjacent to an activating group) is 1. The van der Waals surface area contributed by atoms with Gasteiger partial charge < -0.3 is 62.9 Å². The maximum atomic E-state index is 13.2. The van der Waals surface area contributed by atoms with Crippen molar-refractivity contribution in [3.8, 4) is 0 Å². The molecule has 3 aliphatic rings. The van der Waals surface area contributed by atoms with Gasteiger partial charge in [-0.3, -0.25) is 14.4 Å². The molecule has 0 aliphatic carbocycles. The van der Waals surface area contributed by atoms with Gasteiger partial charge in [0.15, 0.2) is 18.7 Å². The molecule has 3 rings (SSSR count). The molecule has 0 spiro atoms. The van der Waals surface area contributed by atoms with Crippen molar-refractivity contribution in [2.75, 3.05) is 21.2 Å². The van der Waals surface area contributed by atoms with Gasteiger partial charge in [0.25, 0.3) is 0 Å². The Bertz CT molecular complexity index is 1390. The van der Waals surface area contributed by atoms with Crippen LogP contribution in [0.15, 0.2) is 24.3 Å². The van der Waals surface area contributed by atoms with Crippen LogP contribution in [0.1, 0.15) is 93.9 Å². The quantitative estimate of drug-likeness (QED) is 0.147. The zero-order valence-electron chi connectivity index (χ0n) is 36.1. The summed E-state index contributed by atoms with van der Waals surface area (Å²) in [6, 6.07) is -0.782. The van der Waals surface area contributed by atoms with E-state index in [1.807, 2.05) is 20.8 Å². The van der Waals surface area contributed by atoms with E-state index in [0.29, 0.717) is 12.7 Å². The van der Waals surface area contributed by atoms with Gasteiger partial charge >= 0.3 is 17.9 Å². The summed E-state index contributed by atoms with van der Waals surface area (Å²) in [5.74, 6) is -2.82. The molecule has 16 heteroatoms. The maximum Gasteiger partial charge on any atom is 0.309 e. The molecule has 0 bridgehead atoms. The van der Waals surface area contributed by atoms with Gasteiger partial charge in [-0.15, -0.1) is 0 Å². The number of nitrogens with zero attached hydrogens (tertiary/aromatic N) is 1. The van der Waals surface area contributed by atoms with E-state index in [-0.39, 0.29) is 31.6 Å². The Morgan fingerprint density at radius 3 is 2.29 bits per heavy atom. The highest BCUT2D eigenvalue weighted by atomic mass is 16.7. The summed E-state index contributed by atoms with van der Waals surface area (Å²) < 4.78 is 48.6. The molecule has 58 heavy (non-hydrogen) atoms. The molecule has 0 aromatic heterocycles. The number of aliphatic hydroxyl groups excluding tert-OH is 2. The Hall–Kier alpha value is -2.80. The third-order valence-corrected chi connectivity index (χ3v) is 10.9. The normalized spacial score (nSPS) is 40.7. The molecule has 2 saturated heterocycles. The van der Waals surface area contributed by atoms with E-state index >= 15 is 0 Å². The van der Waals surface area contributed by atoms with Crippen LogP contribution in [0.2, 0.25) is 0 Å². The molecular formula is C42H69NO15. The number of methoxy groups -OCH3 is 1. The van der Waals surface area contributed by atoms with E-state index in [0.717, 1.165) is 0 Å². The number of hydrogen-bond donors (Lipinski definition) is 3. The minimum Gasteiger partial charge on any atom is -0.462 e. The SMILES string of the molecule is CO[C@@H]1[C@@H](OC2OC(C)C(OC3CC(C)(O)C(OC(=O)CC(C)C)C(C)O3)C(N(C)C)C2O)[C@@H](CC=O)C[C@@H](C)[C@H](O)/C=C/C=C/C[C@@H](C)OC(=O)C[C@H]1OC(C)=O. The molecule has 3 N–H and O–H groups in total. The van der Waals surface area contributed by atoms with Gasteiger partial charge in [-0.25, -0.2) is 0 Å². The average molecular weight is 828 g/mol. The summed E-state index contributed by atoms with van der Waals surface area (Å²) in [5, 5.41) is 34.6. The van der Waals surface area contributed by atoms with Crippen molar-refractivity contribution in [1.82, 2.24) is 4.90 Å². The lowest BCUT2D eigenvalue weighted by atomic mass is 9.82. The Labute approximate surface area is 343 Å². The lowest BCUT2D eigenvalue weighted by Gasteiger charge is -2.50. The van der Waals surface area contributed by atoms with Crippen LogP contribution in [-0.4, -0.2) is 151 Å². The Balaban J connectivity index is 1.98. The predicted molar refractivity (Wildman–Crippen MR) is 210 cm³/mol. The molecule has 332 valence electrons. The van der Waals surface area contributed by atoms with Gasteiger partial charge in [0.1, 0.15) is 42.4 Å². The number of rotatable bonds is 12. The zero-order valence-corrected chi connectivity index (χ0v) is 36.1. The van der Waals surface area contributed by atoms with Gasteiger partial charge in [-0.1, -0.05) is 45.1 Å². The number of carbonyl (C=O) groups excluding carboxylic acids is 4. The van der Waals surface area contributed by atoms with Crippen LogP contribution in [0.25, 0.3) is 0 Å². The molecule has 3 heterocycles. The van der Waals surface area contributed by atoms with E-state index in [1.165, 1.54) is 14.0 Å². The van der Waals surface area contributed by atoms with Crippen molar-refractivity contribution in [3.05, 3.63) is 24.3 Å². The summed E-state index contributed by atoms with van der Waals surface area (Å²) in [4.78, 5) is 52.3. The maximum absolute atomic E-state index is 13.2. The number of aliphatic hydroxyl groups is 3. The topological polar surface area (TPSA) is 206 Å². The van der Waals surface area contributed by atoms with Crippen molar-refractivity contribution < 1.29 is 72.4 Å². The number of cyclic esters (lactones) is 1. The first-order valence-corrected chi connectivity index (χ1v) is 20.4. The highest BCUT2D eigenvalue weighted by Gasteiger charge is 2.53. The molecule has 9 unspecified atom stereocenters. The van der Waals surface area contributed by atoms with Gasteiger partial charge in [-0.2, -0.15) is 0 Å². The largest absolute Gasteiger partial charge is 0.462 e. The molecular weight excluding hydrogens is 758 g/mol. The fraction of sp³-hybridized carbons (Fsp3) is 0.810. The Morgan fingerprint density at radius 2 is 1.71 bits per heavy atom. The van der Waals surface area contributed by atoms with Crippen LogP contribution in [0, 0.1) is 17.8 Å². The fourth-order valence-corrected chi connectivity index (χ4v) is 8.08. The Kier molecular flexibility index (Phi) is 19.4. The standard InChI is InChI=1S/C42H69NO15/c1-23(2)19-32(47)56-40-27(6)53-34(22-42(40,8)50)57-37-26(5)54-41(36(49)35(37)43(9)10)58-38-29(17-18-44)20-24(3)30(46)16-14-12-13-15-25(4)52-33(48)21-31(39(38)51-11)55-28(7)45/h12-14,16,18,23-27,29-31,34-41,46,49-50H,15,17,19-22H2,1-11H3/b13-12+,16-14+/t24-,25-,26?,27?,29+,30-,31-,34?,35?,36?,37?,38+,39+,40?,41?,42?/m1/s1. The van der Waals surface area contributed by atoms with E-state index in [4.69, 9.17) is 37.9 Å². The first-order chi connectivity index (χ1) is 27.2. The lowest BCUT2D eigenvalue weighted by molar-refractivity contribution is -0.344. The first kappa shape index (κ1) is 49.6. The molecule has 16 nitrogen and oxygen atoms in total. The third-order valence-electron chi connectivity index (χ3n) is 10.9. The highest BCUT2D eigenvalue weighted by Crippen LogP contribution is 2.38. The number of hydrogen-bond acceptors (Lipinski definition) is 16. The van der Waals surface area contributed by atoms with Crippen LogP contribution in [0.3, 0.4) is 0 Å². The second-order valence-electron chi connectivity index (χ2n) is 17.0. The van der Waals surface area contributed by atoms with Crippen molar-refractivity contribution in [3.63, 3.8) is 0 Å². The molecule has 0 aromatic rings. The minimum atomic E-state index is -1.50. The molecule has 0 aromatic carbocycles. The monoisotopic (exact) mass is 827 g/mol. The fourth-order valence-electron chi connectivity index (χ4n) is 8.08. The number of allylic oxidation sites excluding steroid dienone is 2. The molecule has 16 atom stereocenters. The van der Waals surface area contributed by atoms with Crippen LogP contribution in [0.5, 0.6) is 0 Å². The first-order valence-electron chi connectivity index (χ1n) is 20.4. The second-order valence-corrected chi connectivity index (χ2v) is 17.0. The highest BCUT2D eigenvalue weighted by molar-refractivity contribution is 5.72. The van der Waals surface area contributed by atoms with Gasteiger partial charge in [-0.05, 0) is 66.0 Å². The van der Waals surface area contributed by atoms with Crippen LogP contribution >= 0.6 is 0 Å². The summed E-state index contributed by atoms with van der Waals surface area (Å²) in [5.41, 5.74) is -1.50. The number of ether oxygens (including phenoxy) is 8. The van der Waals surface area contributed by atoms with Gasteiger partial charge in [0.2, 0.25) is 0 Å².